The molecule has 0 aliphatic carbocycles. The molecule has 0 saturated heterocycles. The summed E-state index contributed by atoms with van der Waals surface area (Å²) in [6, 6.07) is 3.16. The van der Waals surface area contributed by atoms with Gasteiger partial charge in [-0.15, -0.1) is 11.3 Å². The first-order chi connectivity index (χ1) is 10.6. The number of carbonyl (C=O) groups is 1. The number of rotatable bonds is 4. The lowest BCUT2D eigenvalue weighted by atomic mass is 10.2. The van der Waals surface area contributed by atoms with Gasteiger partial charge in [-0.1, -0.05) is 0 Å². The average molecular weight is 410 g/mol. The monoisotopic (exact) mass is 409 g/mol. The van der Waals surface area contributed by atoms with Gasteiger partial charge in [-0.2, -0.15) is 18.3 Å². The van der Waals surface area contributed by atoms with Gasteiger partial charge in [0.15, 0.2) is 5.69 Å². The van der Waals surface area contributed by atoms with E-state index in [4.69, 9.17) is 0 Å². The maximum absolute atomic E-state index is 13.3. The Morgan fingerprint density at radius 2 is 2.09 bits per heavy atom. The lowest BCUT2D eigenvalue weighted by Crippen LogP contribution is -2.28. The van der Waals surface area contributed by atoms with Gasteiger partial charge in [-0.05, 0) is 41.9 Å². The van der Waals surface area contributed by atoms with Crippen LogP contribution >= 0.6 is 27.3 Å². The van der Waals surface area contributed by atoms with Crippen LogP contribution < -0.4 is 0 Å². The number of nitrogens with zero attached hydrogens (tertiary/aromatic N) is 3. The molecule has 0 aromatic carbocycles. The second kappa shape index (κ2) is 6.64. The largest absolute Gasteiger partial charge is 0.433 e. The molecule has 2 heterocycles. The average Bonchev–Trinajstić information content (AvgIpc) is 3.03. The van der Waals surface area contributed by atoms with Gasteiger partial charge in [0.1, 0.15) is 0 Å². The Balaban J connectivity index is 2.32. The van der Waals surface area contributed by atoms with Gasteiger partial charge in [0.05, 0.1) is 22.1 Å². The van der Waals surface area contributed by atoms with Crippen molar-refractivity contribution >= 4 is 33.2 Å². The Morgan fingerprint density at radius 1 is 1.43 bits per heavy atom. The molecule has 0 aliphatic rings. The quantitative estimate of drug-likeness (QED) is 0.740. The van der Waals surface area contributed by atoms with Crippen LogP contribution in [0.1, 0.15) is 40.8 Å². The second-order valence-corrected chi connectivity index (χ2v) is 7.86. The van der Waals surface area contributed by atoms with E-state index in [9.17, 15) is 18.0 Å². The third-order valence-electron chi connectivity index (χ3n) is 3.15. The van der Waals surface area contributed by atoms with Crippen LogP contribution in [0.4, 0.5) is 13.2 Å². The normalized spacial score (nSPS) is 12.0. The summed E-state index contributed by atoms with van der Waals surface area (Å²) < 4.78 is 41.7. The van der Waals surface area contributed by atoms with Gasteiger partial charge < -0.3 is 4.90 Å². The highest BCUT2D eigenvalue weighted by molar-refractivity contribution is 9.11. The summed E-state index contributed by atoms with van der Waals surface area (Å²) in [6.07, 6.45) is -3.65. The zero-order valence-corrected chi connectivity index (χ0v) is 15.1. The minimum Gasteiger partial charge on any atom is -0.336 e. The van der Waals surface area contributed by atoms with Crippen molar-refractivity contribution < 1.29 is 18.0 Å². The Morgan fingerprint density at radius 3 is 2.57 bits per heavy atom. The summed E-state index contributed by atoms with van der Waals surface area (Å²) in [5.74, 6) is -0.700. The Kier molecular flexibility index (Phi) is 5.20. The molecule has 0 bridgehead atoms. The summed E-state index contributed by atoms with van der Waals surface area (Å²) in [7, 11) is 1.48. The molecule has 4 nitrogen and oxygen atoms in total. The van der Waals surface area contributed by atoms with Gasteiger partial charge in [0.25, 0.3) is 5.91 Å². The van der Waals surface area contributed by atoms with Crippen molar-refractivity contribution in [2.75, 3.05) is 7.05 Å². The molecule has 0 fully saturated rings. The first-order valence-electron chi connectivity index (χ1n) is 6.75. The summed E-state index contributed by atoms with van der Waals surface area (Å²) in [5, 5.41) is 3.74. The maximum Gasteiger partial charge on any atom is 0.433 e. The van der Waals surface area contributed by atoms with Crippen molar-refractivity contribution in [3.8, 4) is 0 Å². The molecular weight excluding hydrogens is 395 g/mol. The van der Waals surface area contributed by atoms with Crippen molar-refractivity contribution in [1.82, 2.24) is 14.7 Å². The summed E-state index contributed by atoms with van der Waals surface area (Å²) in [4.78, 5) is 14.6. The topological polar surface area (TPSA) is 38.1 Å². The van der Waals surface area contributed by atoms with E-state index in [0.29, 0.717) is 0 Å². The zero-order chi connectivity index (χ0) is 17.4. The number of carbonyl (C=O) groups excluding carboxylic acids is 1. The standard InChI is InChI=1S/C14H15BrF3N3OS/c1-8(2)21-12(14(16,17)18)10(6-19-21)13(22)20(3)7-9-4-5-11(15)23-9/h4-6,8H,7H2,1-3H3. The molecule has 23 heavy (non-hydrogen) atoms. The first kappa shape index (κ1) is 18.0. The van der Waals surface area contributed by atoms with Gasteiger partial charge in [0.2, 0.25) is 0 Å². The van der Waals surface area contributed by atoms with Gasteiger partial charge in [0, 0.05) is 18.0 Å². The fourth-order valence-electron chi connectivity index (χ4n) is 2.14. The lowest BCUT2D eigenvalue weighted by Gasteiger charge is -2.19. The lowest BCUT2D eigenvalue weighted by molar-refractivity contribution is -0.145. The van der Waals surface area contributed by atoms with E-state index >= 15 is 0 Å². The highest BCUT2D eigenvalue weighted by atomic mass is 79.9. The fourth-order valence-corrected chi connectivity index (χ4v) is 3.68. The third kappa shape index (κ3) is 3.95. The molecule has 9 heteroatoms. The number of halogens is 4. The molecule has 0 N–H and O–H groups in total. The highest BCUT2D eigenvalue weighted by Crippen LogP contribution is 2.34. The predicted octanol–water partition coefficient (Wildman–Crippen LogP) is 4.58. The maximum atomic E-state index is 13.3. The van der Waals surface area contributed by atoms with E-state index < -0.39 is 29.4 Å². The third-order valence-corrected chi connectivity index (χ3v) is 4.76. The second-order valence-electron chi connectivity index (χ2n) is 5.31. The van der Waals surface area contributed by atoms with Crippen molar-refractivity contribution in [3.63, 3.8) is 0 Å². The molecule has 0 radical (unpaired) electrons. The van der Waals surface area contributed by atoms with Crippen LogP contribution in [0.15, 0.2) is 22.1 Å². The predicted molar refractivity (Wildman–Crippen MR) is 85.4 cm³/mol. The molecule has 2 aromatic rings. The van der Waals surface area contributed by atoms with Crippen LogP contribution in [0.2, 0.25) is 0 Å². The van der Waals surface area contributed by atoms with E-state index in [1.807, 2.05) is 12.1 Å². The Hall–Kier alpha value is -1.35. The molecule has 0 atom stereocenters. The molecular formula is C14H15BrF3N3OS. The molecule has 0 unspecified atom stereocenters. The highest BCUT2D eigenvalue weighted by Gasteiger charge is 2.41. The van der Waals surface area contributed by atoms with Gasteiger partial charge >= 0.3 is 6.18 Å². The van der Waals surface area contributed by atoms with E-state index in [0.717, 1.165) is 19.5 Å². The first-order valence-corrected chi connectivity index (χ1v) is 8.36. The molecule has 0 saturated carbocycles. The minimum atomic E-state index is -4.64. The zero-order valence-electron chi connectivity index (χ0n) is 12.7. The number of amides is 1. The van der Waals surface area contributed by atoms with Crippen molar-refractivity contribution in [1.29, 1.82) is 0 Å². The van der Waals surface area contributed by atoms with E-state index in [2.05, 4.69) is 21.0 Å². The van der Waals surface area contributed by atoms with E-state index in [1.165, 1.54) is 23.3 Å². The fraction of sp³-hybridized carbons (Fsp3) is 0.429. The number of thiophene rings is 1. The van der Waals surface area contributed by atoms with E-state index in [-0.39, 0.29) is 6.54 Å². The molecule has 2 aromatic heterocycles. The summed E-state index contributed by atoms with van der Waals surface area (Å²) >= 11 is 4.74. The Labute approximate surface area is 144 Å². The van der Waals surface area contributed by atoms with E-state index in [1.54, 1.807) is 13.8 Å². The van der Waals surface area contributed by atoms with Gasteiger partial charge in [-0.25, -0.2) is 0 Å². The minimum absolute atomic E-state index is 0.235. The number of aromatic nitrogens is 2. The molecule has 0 spiro atoms. The van der Waals surface area contributed by atoms with Crippen LogP contribution in [0.25, 0.3) is 0 Å². The smallest absolute Gasteiger partial charge is 0.336 e. The molecule has 0 aliphatic heterocycles. The SMILES string of the molecule is CC(C)n1ncc(C(=O)N(C)Cc2ccc(Br)s2)c1C(F)(F)F. The van der Waals surface area contributed by atoms with Crippen LogP contribution in [0.3, 0.4) is 0 Å². The van der Waals surface area contributed by atoms with Crippen molar-refractivity contribution in [2.45, 2.75) is 32.6 Å². The number of hydrogen-bond donors (Lipinski definition) is 0. The van der Waals surface area contributed by atoms with Crippen molar-refractivity contribution in [2.24, 2.45) is 0 Å². The van der Waals surface area contributed by atoms with Crippen molar-refractivity contribution in [3.05, 3.63) is 38.3 Å². The summed E-state index contributed by atoms with van der Waals surface area (Å²) in [6.45, 7) is 3.41. The Bertz CT molecular complexity index is 708. The van der Waals surface area contributed by atoms with Gasteiger partial charge in [-0.3, -0.25) is 9.48 Å². The number of alkyl halides is 3. The molecule has 126 valence electrons. The summed E-state index contributed by atoms with van der Waals surface area (Å²) in [5.41, 5.74) is -1.43. The molecule has 2 rings (SSSR count). The number of hydrogen-bond acceptors (Lipinski definition) is 3. The van der Waals surface area contributed by atoms with Crippen LogP contribution in [0.5, 0.6) is 0 Å². The molecule has 1 amide bonds. The van der Waals surface area contributed by atoms with Crippen LogP contribution in [-0.4, -0.2) is 27.6 Å². The van der Waals surface area contributed by atoms with Crippen LogP contribution in [0, 0.1) is 0 Å². The van der Waals surface area contributed by atoms with Crippen LogP contribution in [-0.2, 0) is 12.7 Å².